The first-order chi connectivity index (χ1) is 11.6. The Morgan fingerprint density at radius 3 is 2.08 bits per heavy atom. The predicted molar refractivity (Wildman–Crippen MR) is 96.9 cm³/mol. The standard InChI is InChI=1S/C19H23N3O2/c20-16-3-1-15(2-4-16)19(23)24-13-14-9-11-22(12-10-14)18-7-5-17(21)6-8-18/h1-8,14H,9-13,20-21H2. The smallest absolute Gasteiger partial charge is 0.338 e. The Labute approximate surface area is 142 Å². The Balaban J connectivity index is 1.46. The van der Waals surface area contributed by atoms with Crippen molar-refractivity contribution in [2.24, 2.45) is 5.92 Å². The molecule has 3 rings (SSSR count). The lowest BCUT2D eigenvalue weighted by Crippen LogP contribution is -2.35. The zero-order chi connectivity index (χ0) is 16.9. The van der Waals surface area contributed by atoms with E-state index >= 15 is 0 Å². The Hall–Kier alpha value is -2.69. The zero-order valence-electron chi connectivity index (χ0n) is 13.7. The highest BCUT2D eigenvalue weighted by Gasteiger charge is 2.21. The average Bonchev–Trinajstić information content (AvgIpc) is 2.61. The van der Waals surface area contributed by atoms with Gasteiger partial charge < -0.3 is 21.1 Å². The average molecular weight is 325 g/mol. The molecular weight excluding hydrogens is 302 g/mol. The van der Waals surface area contributed by atoms with Crippen molar-refractivity contribution >= 4 is 23.0 Å². The van der Waals surface area contributed by atoms with E-state index in [9.17, 15) is 4.79 Å². The van der Waals surface area contributed by atoms with E-state index in [1.54, 1.807) is 24.3 Å². The van der Waals surface area contributed by atoms with Crippen molar-refractivity contribution in [1.29, 1.82) is 0 Å². The van der Waals surface area contributed by atoms with Crippen LogP contribution in [0.1, 0.15) is 23.2 Å². The van der Waals surface area contributed by atoms with Crippen molar-refractivity contribution in [3.05, 3.63) is 54.1 Å². The van der Waals surface area contributed by atoms with Gasteiger partial charge in [-0.1, -0.05) is 0 Å². The van der Waals surface area contributed by atoms with Crippen LogP contribution in [0, 0.1) is 5.92 Å². The van der Waals surface area contributed by atoms with Crippen LogP contribution in [0.5, 0.6) is 0 Å². The third kappa shape index (κ3) is 3.98. The molecular formula is C19H23N3O2. The van der Waals surface area contributed by atoms with Crippen LogP contribution in [-0.4, -0.2) is 25.7 Å². The lowest BCUT2D eigenvalue weighted by molar-refractivity contribution is 0.0421. The number of carbonyl (C=O) groups is 1. The summed E-state index contributed by atoms with van der Waals surface area (Å²) < 4.78 is 5.45. The normalized spacial score (nSPS) is 15.2. The van der Waals surface area contributed by atoms with Crippen LogP contribution in [0.3, 0.4) is 0 Å². The van der Waals surface area contributed by atoms with Gasteiger partial charge >= 0.3 is 5.97 Å². The molecule has 0 aliphatic carbocycles. The summed E-state index contributed by atoms with van der Waals surface area (Å²) in [5.74, 6) is 0.128. The number of piperidine rings is 1. The van der Waals surface area contributed by atoms with E-state index < -0.39 is 0 Å². The van der Waals surface area contributed by atoms with Crippen LogP contribution in [0.15, 0.2) is 48.5 Å². The quantitative estimate of drug-likeness (QED) is 0.667. The maximum Gasteiger partial charge on any atom is 0.338 e. The van der Waals surface area contributed by atoms with Crippen molar-refractivity contribution in [1.82, 2.24) is 0 Å². The van der Waals surface area contributed by atoms with Gasteiger partial charge in [0.2, 0.25) is 0 Å². The molecule has 5 nitrogen and oxygen atoms in total. The molecule has 0 unspecified atom stereocenters. The van der Waals surface area contributed by atoms with E-state index in [4.69, 9.17) is 16.2 Å². The van der Waals surface area contributed by atoms with Crippen LogP contribution in [0.2, 0.25) is 0 Å². The second kappa shape index (κ2) is 7.25. The fourth-order valence-electron chi connectivity index (χ4n) is 2.94. The minimum Gasteiger partial charge on any atom is -0.462 e. The number of rotatable bonds is 4. The molecule has 1 heterocycles. The van der Waals surface area contributed by atoms with E-state index in [0.29, 0.717) is 23.8 Å². The number of nitrogens with zero attached hydrogens (tertiary/aromatic N) is 1. The summed E-state index contributed by atoms with van der Waals surface area (Å²) in [6.07, 6.45) is 2.03. The lowest BCUT2D eigenvalue weighted by Gasteiger charge is -2.33. The minimum atomic E-state index is -0.282. The van der Waals surface area contributed by atoms with Gasteiger partial charge in [-0.3, -0.25) is 0 Å². The van der Waals surface area contributed by atoms with Crippen LogP contribution in [-0.2, 0) is 4.74 Å². The first-order valence-corrected chi connectivity index (χ1v) is 8.25. The number of esters is 1. The summed E-state index contributed by atoms with van der Waals surface area (Å²) in [6.45, 7) is 2.40. The summed E-state index contributed by atoms with van der Waals surface area (Å²) in [6, 6.07) is 14.8. The number of carbonyl (C=O) groups excluding carboxylic acids is 1. The highest BCUT2D eigenvalue weighted by atomic mass is 16.5. The number of ether oxygens (including phenoxy) is 1. The molecule has 4 N–H and O–H groups in total. The fourth-order valence-corrected chi connectivity index (χ4v) is 2.94. The largest absolute Gasteiger partial charge is 0.462 e. The van der Waals surface area contributed by atoms with Crippen molar-refractivity contribution < 1.29 is 9.53 Å². The number of nitrogen functional groups attached to an aromatic ring is 2. The monoisotopic (exact) mass is 325 g/mol. The first kappa shape index (κ1) is 16.2. The summed E-state index contributed by atoms with van der Waals surface area (Å²) in [4.78, 5) is 14.4. The fraction of sp³-hybridized carbons (Fsp3) is 0.316. The highest BCUT2D eigenvalue weighted by Crippen LogP contribution is 2.24. The number of hydrogen-bond donors (Lipinski definition) is 2. The molecule has 1 aliphatic rings. The third-order valence-electron chi connectivity index (χ3n) is 4.47. The van der Waals surface area contributed by atoms with Crippen LogP contribution >= 0.6 is 0 Å². The second-order valence-electron chi connectivity index (χ2n) is 6.24. The highest BCUT2D eigenvalue weighted by molar-refractivity contribution is 5.89. The molecule has 0 bridgehead atoms. The van der Waals surface area contributed by atoms with Gasteiger partial charge in [-0.15, -0.1) is 0 Å². The van der Waals surface area contributed by atoms with Gasteiger partial charge in [0.05, 0.1) is 12.2 Å². The van der Waals surface area contributed by atoms with Crippen molar-refractivity contribution in [2.45, 2.75) is 12.8 Å². The van der Waals surface area contributed by atoms with Gasteiger partial charge in [0.25, 0.3) is 0 Å². The van der Waals surface area contributed by atoms with Crippen molar-refractivity contribution in [3.63, 3.8) is 0 Å². The molecule has 5 heteroatoms. The zero-order valence-corrected chi connectivity index (χ0v) is 13.7. The summed E-state index contributed by atoms with van der Waals surface area (Å²) in [7, 11) is 0. The molecule has 1 saturated heterocycles. The SMILES string of the molecule is Nc1ccc(C(=O)OCC2CCN(c3ccc(N)cc3)CC2)cc1. The minimum absolute atomic E-state index is 0.282. The molecule has 0 spiro atoms. The Morgan fingerprint density at radius 1 is 0.958 bits per heavy atom. The van der Waals surface area contributed by atoms with Gasteiger partial charge in [-0.25, -0.2) is 4.79 Å². The number of nitrogens with two attached hydrogens (primary N) is 2. The third-order valence-corrected chi connectivity index (χ3v) is 4.47. The molecule has 0 radical (unpaired) electrons. The topological polar surface area (TPSA) is 81.6 Å². The molecule has 24 heavy (non-hydrogen) atoms. The first-order valence-electron chi connectivity index (χ1n) is 8.25. The summed E-state index contributed by atoms with van der Waals surface area (Å²) in [5, 5.41) is 0. The Kier molecular flexibility index (Phi) is 4.89. The number of anilines is 3. The van der Waals surface area contributed by atoms with E-state index in [1.807, 2.05) is 12.1 Å². The predicted octanol–water partition coefficient (Wildman–Crippen LogP) is 2.92. The maximum absolute atomic E-state index is 12.0. The molecule has 1 fully saturated rings. The number of hydrogen-bond acceptors (Lipinski definition) is 5. The number of benzene rings is 2. The van der Waals surface area contributed by atoms with E-state index in [1.165, 1.54) is 5.69 Å². The second-order valence-corrected chi connectivity index (χ2v) is 6.24. The molecule has 2 aromatic rings. The van der Waals surface area contributed by atoms with Gasteiger partial charge in [0.1, 0.15) is 0 Å². The maximum atomic E-state index is 12.0. The lowest BCUT2D eigenvalue weighted by atomic mass is 9.97. The molecule has 0 amide bonds. The van der Waals surface area contributed by atoms with E-state index in [-0.39, 0.29) is 5.97 Å². The molecule has 2 aromatic carbocycles. The molecule has 0 atom stereocenters. The Morgan fingerprint density at radius 2 is 1.50 bits per heavy atom. The van der Waals surface area contributed by atoms with E-state index in [2.05, 4.69) is 17.0 Å². The van der Waals surface area contributed by atoms with Gasteiger partial charge in [0, 0.05) is 30.2 Å². The van der Waals surface area contributed by atoms with Crippen LogP contribution in [0.25, 0.3) is 0 Å². The molecule has 0 aromatic heterocycles. The Bertz CT molecular complexity index is 675. The van der Waals surface area contributed by atoms with Crippen molar-refractivity contribution in [3.8, 4) is 0 Å². The van der Waals surface area contributed by atoms with Crippen molar-refractivity contribution in [2.75, 3.05) is 36.1 Å². The molecule has 1 aliphatic heterocycles. The molecule has 126 valence electrons. The van der Waals surface area contributed by atoms with Gasteiger partial charge in [0.15, 0.2) is 0 Å². The summed E-state index contributed by atoms with van der Waals surface area (Å²) >= 11 is 0. The molecule has 0 saturated carbocycles. The van der Waals surface area contributed by atoms with Crippen LogP contribution < -0.4 is 16.4 Å². The van der Waals surface area contributed by atoms with Gasteiger partial charge in [-0.05, 0) is 67.3 Å². The van der Waals surface area contributed by atoms with Gasteiger partial charge in [-0.2, -0.15) is 0 Å². The van der Waals surface area contributed by atoms with Crippen LogP contribution in [0.4, 0.5) is 17.1 Å². The van der Waals surface area contributed by atoms with E-state index in [0.717, 1.165) is 31.6 Å². The summed E-state index contributed by atoms with van der Waals surface area (Å²) in [5.41, 5.74) is 14.5.